The van der Waals surface area contributed by atoms with Gasteiger partial charge in [0.15, 0.2) is 0 Å². The van der Waals surface area contributed by atoms with Crippen LogP contribution in [0.25, 0.3) is 0 Å². The van der Waals surface area contributed by atoms with Gasteiger partial charge in [-0.25, -0.2) is 0 Å². The van der Waals surface area contributed by atoms with Crippen molar-refractivity contribution in [2.45, 2.75) is 52.4 Å². The van der Waals surface area contributed by atoms with Gasteiger partial charge in [-0.15, -0.1) is 11.6 Å². The Morgan fingerprint density at radius 3 is 2.50 bits per heavy atom. The van der Waals surface area contributed by atoms with Crippen LogP contribution in [0.4, 0.5) is 0 Å². The molecule has 0 bridgehead atoms. The van der Waals surface area contributed by atoms with Crippen LogP contribution in [0.3, 0.4) is 0 Å². The first kappa shape index (κ1) is 13.8. The Labute approximate surface area is 104 Å². The van der Waals surface area contributed by atoms with Crippen LogP contribution < -0.4 is 5.32 Å². The van der Waals surface area contributed by atoms with Gasteiger partial charge in [-0.3, -0.25) is 4.79 Å². The smallest absolute Gasteiger partial charge is 0.222 e. The summed E-state index contributed by atoms with van der Waals surface area (Å²) in [5.41, 5.74) is 0.170. The Morgan fingerprint density at radius 2 is 2.00 bits per heavy atom. The number of halogens is 1. The number of amides is 1. The predicted molar refractivity (Wildman–Crippen MR) is 68.7 cm³/mol. The van der Waals surface area contributed by atoms with Crippen LogP contribution in [-0.4, -0.2) is 18.3 Å². The minimum Gasteiger partial charge on any atom is -0.355 e. The average molecular weight is 246 g/mol. The average Bonchev–Trinajstić information content (AvgIpc) is 2.36. The van der Waals surface area contributed by atoms with Crippen LogP contribution >= 0.6 is 11.6 Å². The second kappa shape index (κ2) is 6.48. The fourth-order valence-electron chi connectivity index (χ4n) is 2.29. The first-order chi connectivity index (χ1) is 7.63. The van der Waals surface area contributed by atoms with E-state index in [0.717, 1.165) is 25.8 Å². The number of rotatable bonds is 5. The highest BCUT2D eigenvalue weighted by Gasteiger charge is 2.31. The third-order valence-electron chi connectivity index (χ3n) is 3.90. The molecule has 1 aliphatic rings. The molecule has 0 aromatic heterocycles. The normalized spacial score (nSPS) is 21.4. The lowest BCUT2D eigenvalue weighted by atomic mass is 9.75. The topological polar surface area (TPSA) is 29.1 Å². The van der Waals surface area contributed by atoms with E-state index in [1.165, 1.54) is 19.3 Å². The number of hydrogen-bond donors (Lipinski definition) is 1. The van der Waals surface area contributed by atoms with Gasteiger partial charge in [-0.2, -0.15) is 0 Å². The molecule has 2 nitrogen and oxygen atoms in total. The second-order valence-electron chi connectivity index (χ2n) is 5.22. The zero-order chi connectivity index (χ0) is 12.0. The molecule has 0 spiro atoms. The Morgan fingerprint density at radius 1 is 1.38 bits per heavy atom. The number of nitrogens with one attached hydrogen (secondary N) is 1. The maximum atomic E-state index is 11.7. The predicted octanol–water partition coefficient (Wildman–Crippen LogP) is 3.34. The minimum absolute atomic E-state index is 0.121. The van der Waals surface area contributed by atoms with Crippen LogP contribution in [0.15, 0.2) is 0 Å². The van der Waals surface area contributed by atoms with Gasteiger partial charge in [0.25, 0.3) is 0 Å². The van der Waals surface area contributed by atoms with Crippen molar-refractivity contribution in [3.63, 3.8) is 0 Å². The van der Waals surface area contributed by atoms with Crippen molar-refractivity contribution in [2.24, 2.45) is 11.3 Å². The van der Waals surface area contributed by atoms with E-state index in [1.54, 1.807) is 0 Å². The molecule has 1 saturated carbocycles. The molecule has 94 valence electrons. The van der Waals surface area contributed by atoms with E-state index >= 15 is 0 Å². The minimum atomic E-state index is 0.121. The third kappa shape index (κ3) is 3.65. The molecule has 1 atom stereocenters. The summed E-state index contributed by atoms with van der Waals surface area (Å²) < 4.78 is 0. The van der Waals surface area contributed by atoms with E-state index < -0.39 is 0 Å². The molecule has 1 aliphatic carbocycles. The van der Waals surface area contributed by atoms with Crippen molar-refractivity contribution >= 4 is 17.5 Å². The van der Waals surface area contributed by atoms with Crippen molar-refractivity contribution < 1.29 is 4.79 Å². The van der Waals surface area contributed by atoms with Gasteiger partial charge < -0.3 is 5.32 Å². The molecule has 1 rings (SSSR count). The highest BCUT2D eigenvalue weighted by molar-refractivity contribution is 6.18. The van der Waals surface area contributed by atoms with Gasteiger partial charge >= 0.3 is 0 Å². The molecular weight excluding hydrogens is 222 g/mol. The summed E-state index contributed by atoms with van der Waals surface area (Å²) >= 11 is 6.08. The summed E-state index contributed by atoms with van der Waals surface area (Å²) in [6, 6.07) is 0. The molecule has 0 radical (unpaired) electrons. The van der Waals surface area contributed by atoms with Gasteiger partial charge in [0, 0.05) is 23.8 Å². The molecule has 0 aliphatic heterocycles. The Kier molecular flexibility index (Phi) is 5.60. The largest absolute Gasteiger partial charge is 0.355 e. The zero-order valence-corrected chi connectivity index (χ0v) is 11.3. The third-order valence-corrected chi connectivity index (χ3v) is 4.46. The summed E-state index contributed by atoms with van der Waals surface area (Å²) in [6.07, 6.45) is 7.06. The standard InChI is InChI=1S/C13H24ClNO/c1-3-11(2)12(16)15-10-13(9-14)7-5-4-6-8-13/h11H,3-10H2,1-2H3,(H,15,16). The molecule has 0 heterocycles. The van der Waals surface area contributed by atoms with E-state index in [4.69, 9.17) is 11.6 Å². The molecule has 0 aromatic carbocycles. The van der Waals surface area contributed by atoms with E-state index in [9.17, 15) is 4.79 Å². The van der Waals surface area contributed by atoms with Crippen LogP contribution in [0.5, 0.6) is 0 Å². The van der Waals surface area contributed by atoms with E-state index in [-0.39, 0.29) is 17.2 Å². The van der Waals surface area contributed by atoms with Crippen molar-refractivity contribution in [2.75, 3.05) is 12.4 Å². The fourth-order valence-corrected chi connectivity index (χ4v) is 2.66. The number of hydrogen-bond acceptors (Lipinski definition) is 1. The van der Waals surface area contributed by atoms with Gasteiger partial charge in [0.1, 0.15) is 0 Å². The van der Waals surface area contributed by atoms with E-state index in [1.807, 2.05) is 13.8 Å². The molecule has 1 amide bonds. The summed E-state index contributed by atoms with van der Waals surface area (Å²) in [4.78, 5) is 11.7. The highest BCUT2D eigenvalue weighted by atomic mass is 35.5. The Bertz CT molecular complexity index is 224. The molecule has 1 N–H and O–H groups in total. The summed E-state index contributed by atoms with van der Waals surface area (Å²) in [5.74, 6) is 0.974. The zero-order valence-electron chi connectivity index (χ0n) is 10.5. The van der Waals surface area contributed by atoms with Crippen molar-refractivity contribution in [1.82, 2.24) is 5.32 Å². The molecule has 1 unspecified atom stereocenters. The molecule has 0 aromatic rings. The maximum absolute atomic E-state index is 11.7. The van der Waals surface area contributed by atoms with Gasteiger partial charge in [-0.05, 0) is 19.3 Å². The molecule has 3 heteroatoms. The van der Waals surface area contributed by atoms with E-state index in [2.05, 4.69) is 5.32 Å². The van der Waals surface area contributed by atoms with Crippen LogP contribution in [-0.2, 0) is 4.79 Å². The SMILES string of the molecule is CCC(C)C(=O)NCC1(CCl)CCCCC1. The van der Waals surface area contributed by atoms with E-state index in [0.29, 0.717) is 5.88 Å². The molecule has 1 fully saturated rings. The number of alkyl halides is 1. The van der Waals surface area contributed by atoms with Gasteiger partial charge in [-0.1, -0.05) is 33.1 Å². The molecular formula is C13H24ClNO. The first-order valence-corrected chi connectivity index (χ1v) is 7.01. The Hall–Kier alpha value is -0.240. The number of carbonyl (C=O) groups excluding carboxylic acids is 1. The quantitative estimate of drug-likeness (QED) is 0.740. The maximum Gasteiger partial charge on any atom is 0.222 e. The summed E-state index contributed by atoms with van der Waals surface area (Å²) in [5, 5.41) is 3.07. The van der Waals surface area contributed by atoms with Gasteiger partial charge in [0.2, 0.25) is 5.91 Å². The molecule has 0 saturated heterocycles. The second-order valence-corrected chi connectivity index (χ2v) is 5.49. The lowest BCUT2D eigenvalue weighted by molar-refractivity contribution is -0.125. The van der Waals surface area contributed by atoms with Crippen molar-refractivity contribution in [3.05, 3.63) is 0 Å². The first-order valence-electron chi connectivity index (χ1n) is 6.47. The monoisotopic (exact) mass is 245 g/mol. The number of carbonyl (C=O) groups is 1. The van der Waals surface area contributed by atoms with Crippen LogP contribution in [0, 0.1) is 11.3 Å². The van der Waals surface area contributed by atoms with Crippen molar-refractivity contribution in [3.8, 4) is 0 Å². The summed E-state index contributed by atoms with van der Waals surface area (Å²) in [6.45, 7) is 4.78. The van der Waals surface area contributed by atoms with Gasteiger partial charge in [0.05, 0.1) is 0 Å². The Balaban J connectivity index is 2.41. The van der Waals surface area contributed by atoms with Crippen molar-refractivity contribution in [1.29, 1.82) is 0 Å². The lowest BCUT2D eigenvalue weighted by Gasteiger charge is -2.35. The highest BCUT2D eigenvalue weighted by Crippen LogP contribution is 2.36. The molecule has 16 heavy (non-hydrogen) atoms. The fraction of sp³-hybridized carbons (Fsp3) is 0.923. The van der Waals surface area contributed by atoms with Crippen LogP contribution in [0.2, 0.25) is 0 Å². The van der Waals surface area contributed by atoms with Crippen LogP contribution in [0.1, 0.15) is 52.4 Å². The summed E-state index contributed by atoms with van der Waals surface area (Å²) in [7, 11) is 0. The lowest BCUT2D eigenvalue weighted by Crippen LogP contribution is -2.41.